The molecule has 0 radical (unpaired) electrons. The molecule has 0 saturated carbocycles. The lowest BCUT2D eigenvalue weighted by Crippen LogP contribution is -2.20. The van der Waals surface area contributed by atoms with E-state index in [1.54, 1.807) is 16.9 Å². The number of carbonyl (C=O) groups is 1. The number of benzene rings is 1. The van der Waals surface area contributed by atoms with Crippen LogP contribution in [0.3, 0.4) is 0 Å². The van der Waals surface area contributed by atoms with Gasteiger partial charge in [0.15, 0.2) is 6.23 Å². The summed E-state index contributed by atoms with van der Waals surface area (Å²) in [6, 6.07) is 4.08. The summed E-state index contributed by atoms with van der Waals surface area (Å²) in [5.41, 5.74) is 0.650. The van der Waals surface area contributed by atoms with E-state index < -0.39 is 17.3 Å². The molecule has 1 aliphatic rings. The van der Waals surface area contributed by atoms with Crippen molar-refractivity contribution in [1.82, 2.24) is 9.78 Å². The van der Waals surface area contributed by atoms with Crippen molar-refractivity contribution in [2.75, 3.05) is 13.7 Å². The number of rotatable bonds is 4. The first-order chi connectivity index (χ1) is 11.1. The van der Waals surface area contributed by atoms with Crippen LogP contribution in [-0.4, -0.2) is 34.6 Å². The Morgan fingerprint density at radius 3 is 2.96 bits per heavy atom. The van der Waals surface area contributed by atoms with Gasteiger partial charge in [-0.25, -0.2) is 13.9 Å². The van der Waals surface area contributed by atoms with Gasteiger partial charge in [0.2, 0.25) is 0 Å². The number of nitrogens with zero attached hydrogens (tertiary/aromatic N) is 2. The molecular weight excluding hydrogens is 303 g/mol. The van der Waals surface area contributed by atoms with Crippen molar-refractivity contribution in [2.45, 2.75) is 25.5 Å². The summed E-state index contributed by atoms with van der Waals surface area (Å²) < 4.78 is 26.7. The quantitative estimate of drug-likeness (QED) is 0.937. The number of carboxylic acid groups (broad SMARTS) is 1. The monoisotopic (exact) mass is 320 g/mol. The van der Waals surface area contributed by atoms with E-state index in [0.29, 0.717) is 17.9 Å². The van der Waals surface area contributed by atoms with Crippen LogP contribution in [0, 0.1) is 5.82 Å². The molecule has 1 atom stereocenters. The van der Waals surface area contributed by atoms with Gasteiger partial charge in [-0.3, -0.25) is 0 Å². The van der Waals surface area contributed by atoms with Crippen molar-refractivity contribution >= 4 is 5.97 Å². The molecule has 0 bridgehead atoms. The molecule has 2 aromatic rings. The summed E-state index contributed by atoms with van der Waals surface area (Å²) in [5, 5.41) is 13.3. The van der Waals surface area contributed by atoms with Gasteiger partial charge < -0.3 is 14.6 Å². The van der Waals surface area contributed by atoms with Gasteiger partial charge in [0.05, 0.1) is 18.4 Å². The lowest BCUT2D eigenvalue weighted by molar-refractivity contribution is -0.0383. The van der Waals surface area contributed by atoms with Crippen LogP contribution >= 0.6 is 0 Å². The highest BCUT2D eigenvalue weighted by molar-refractivity contribution is 5.90. The van der Waals surface area contributed by atoms with Crippen LogP contribution in [0.2, 0.25) is 0 Å². The van der Waals surface area contributed by atoms with E-state index in [-0.39, 0.29) is 12.0 Å². The minimum atomic E-state index is -1.34. The maximum Gasteiger partial charge on any atom is 0.338 e. The second-order valence-corrected chi connectivity index (χ2v) is 5.32. The zero-order chi connectivity index (χ0) is 16.4. The summed E-state index contributed by atoms with van der Waals surface area (Å²) in [5.74, 6) is -1.87. The Labute approximate surface area is 132 Å². The predicted octanol–water partition coefficient (Wildman–Crippen LogP) is 3.10. The summed E-state index contributed by atoms with van der Waals surface area (Å²) in [6.07, 6.45) is 4.27. The smallest absolute Gasteiger partial charge is 0.338 e. The minimum absolute atomic E-state index is 0.208. The number of hydrogen-bond acceptors (Lipinski definition) is 4. The zero-order valence-electron chi connectivity index (χ0n) is 12.7. The van der Waals surface area contributed by atoms with Crippen LogP contribution in [0.5, 0.6) is 5.75 Å². The maximum absolute atomic E-state index is 14.1. The van der Waals surface area contributed by atoms with E-state index in [4.69, 9.17) is 14.6 Å². The maximum atomic E-state index is 14.1. The van der Waals surface area contributed by atoms with E-state index in [2.05, 4.69) is 5.10 Å². The van der Waals surface area contributed by atoms with E-state index >= 15 is 0 Å². The van der Waals surface area contributed by atoms with Gasteiger partial charge in [-0.1, -0.05) is 0 Å². The molecule has 23 heavy (non-hydrogen) atoms. The number of aromatic carboxylic acids is 1. The molecule has 1 N–H and O–H groups in total. The largest absolute Gasteiger partial charge is 0.496 e. The van der Waals surface area contributed by atoms with Gasteiger partial charge in [-0.15, -0.1) is 0 Å². The fourth-order valence-electron chi connectivity index (χ4n) is 2.76. The van der Waals surface area contributed by atoms with Crippen molar-refractivity contribution in [3.8, 4) is 17.0 Å². The van der Waals surface area contributed by atoms with Gasteiger partial charge in [0.25, 0.3) is 0 Å². The molecule has 1 aromatic carbocycles. The molecule has 1 fully saturated rings. The molecule has 1 aromatic heterocycles. The van der Waals surface area contributed by atoms with Crippen molar-refractivity contribution < 1.29 is 23.8 Å². The number of carboxylic acids is 1. The highest BCUT2D eigenvalue weighted by atomic mass is 19.1. The van der Waals surface area contributed by atoms with Crippen LogP contribution in [-0.2, 0) is 4.74 Å². The van der Waals surface area contributed by atoms with Crippen LogP contribution in [0.1, 0.15) is 35.8 Å². The third-order valence-corrected chi connectivity index (χ3v) is 3.89. The molecule has 3 rings (SSSR count). The molecule has 7 heteroatoms. The fourth-order valence-corrected chi connectivity index (χ4v) is 2.76. The Morgan fingerprint density at radius 2 is 2.30 bits per heavy atom. The molecule has 0 aliphatic carbocycles. The number of hydrogen-bond donors (Lipinski definition) is 1. The van der Waals surface area contributed by atoms with Crippen molar-refractivity contribution in [2.24, 2.45) is 0 Å². The average Bonchev–Trinajstić information content (AvgIpc) is 3.04. The number of halogens is 1. The lowest BCUT2D eigenvalue weighted by atomic mass is 10.1. The topological polar surface area (TPSA) is 73.6 Å². The van der Waals surface area contributed by atoms with Gasteiger partial charge in [0, 0.05) is 18.4 Å². The Balaban J connectivity index is 2.07. The molecular formula is C16H17FN2O4. The third-order valence-electron chi connectivity index (χ3n) is 3.89. The van der Waals surface area contributed by atoms with E-state index in [9.17, 15) is 9.18 Å². The predicted molar refractivity (Wildman–Crippen MR) is 80.0 cm³/mol. The summed E-state index contributed by atoms with van der Waals surface area (Å²) in [7, 11) is 1.42. The zero-order valence-corrected chi connectivity index (χ0v) is 12.7. The fraction of sp³-hybridized carbons (Fsp3) is 0.375. The highest BCUT2D eigenvalue weighted by Crippen LogP contribution is 2.35. The van der Waals surface area contributed by atoms with Crippen LogP contribution in [0.15, 0.2) is 24.4 Å². The molecule has 6 nitrogen and oxygen atoms in total. The standard InChI is InChI=1S/C16H17FN2O4/c1-22-14-9-10(16(20)21)12(17)8-11(14)13-5-6-18-19(13)15-4-2-3-7-23-15/h5-6,8-9,15H,2-4,7H2,1H3,(H,20,21). The van der Waals surface area contributed by atoms with Crippen LogP contribution in [0.4, 0.5) is 4.39 Å². The normalized spacial score (nSPS) is 17.9. The summed E-state index contributed by atoms with van der Waals surface area (Å²) in [4.78, 5) is 11.1. The van der Waals surface area contributed by atoms with Crippen molar-refractivity contribution in [3.05, 3.63) is 35.8 Å². The molecule has 122 valence electrons. The molecule has 1 unspecified atom stereocenters. The minimum Gasteiger partial charge on any atom is -0.496 e. The SMILES string of the molecule is COc1cc(C(=O)O)c(F)cc1-c1ccnn1C1CCCCO1. The Bertz CT molecular complexity index is 723. The van der Waals surface area contributed by atoms with E-state index in [0.717, 1.165) is 19.3 Å². The van der Waals surface area contributed by atoms with Crippen LogP contribution in [0.25, 0.3) is 11.3 Å². The Morgan fingerprint density at radius 1 is 1.48 bits per heavy atom. The van der Waals surface area contributed by atoms with Gasteiger partial charge in [0.1, 0.15) is 11.6 Å². The molecule has 0 spiro atoms. The van der Waals surface area contributed by atoms with E-state index in [1.165, 1.54) is 19.2 Å². The molecule has 2 heterocycles. The Kier molecular flexibility index (Phi) is 4.29. The molecule has 1 aliphatic heterocycles. The first kappa shape index (κ1) is 15.5. The van der Waals surface area contributed by atoms with E-state index in [1.807, 2.05) is 0 Å². The van der Waals surface area contributed by atoms with Gasteiger partial charge >= 0.3 is 5.97 Å². The van der Waals surface area contributed by atoms with Crippen molar-refractivity contribution in [3.63, 3.8) is 0 Å². The Hall–Kier alpha value is -2.41. The van der Waals surface area contributed by atoms with Crippen LogP contribution < -0.4 is 4.74 Å². The van der Waals surface area contributed by atoms with Gasteiger partial charge in [-0.05, 0) is 37.5 Å². The lowest BCUT2D eigenvalue weighted by Gasteiger charge is -2.25. The third kappa shape index (κ3) is 2.92. The number of aromatic nitrogens is 2. The van der Waals surface area contributed by atoms with Crippen molar-refractivity contribution in [1.29, 1.82) is 0 Å². The summed E-state index contributed by atoms with van der Waals surface area (Å²) in [6.45, 7) is 0.660. The second-order valence-electron chi connectivity index (χ2n) is 5.32. The summed E-state index contributed by atoms with van der Waals surface area (Å²) >= 11 is 0. The first-order valence-corrected chi connectivity index (χ1v) is 7.38. The second kappa shape index (κ2) is 6.37. The number of methoxy groups -OCH3 is 1. The average molecular weight is 320 g/mol. The highest BCUT2D eigenvalue weighted by Gasteiger charge is 2.23. The number of ether oxygens (including phenoxy) is 2. The molecule has 1 saturated heterocycles. The molecule has 0 amide bonds. The first-order valence-electron chi connectivity index (χ1n) is 7.38. The van der Waals surface area contributed by atoms with Gasteiger partial charge in [-0.2, -0.15) is 5.10 Å².